The Balaban J connectivity index is 3.07. The maximum Gasteiger partial charge on any atom is 0.122 e. The van der Waals surface area contributed by atoms with E-state index >= 15 is 0 Å². The van der Waals surface area contributed by atoms with Gasteiger partial charge in [0.1, 0.15) is 5.75 Å². The van der Waals surface area contributed by atoms with Crippen LogP contribution in [0.4, 0.5) is 0 Å². The van der Waals surface area contributed by atoms with E-state index in [-0.39, 0.29) is 0 Å². The predicted octanol–water partition coefficient (Wildman–Crippen LogP) is 2.85. The minimum Gasteiger partial charge on any atom is -0.494 e. The monoisotopic (exact) mass is 264 g/mol. The van der Waals surface area contributed by atoms with Crippen LogP contribution < -0.4 is 16.2 Å². The van der Waals surface area contributed by atoms with Gasteiger partial charge < -0.3 is 16.2 Å². The highest BCUT2D eigenvalue weighted by molar-refractivity contribution is 5.40. The van der Waals surface area contributed by atoms with Crippen molar-refractivity contribution in [2.24, 2.45) is 17.4 Å². The normalized spacial score (nSPS) is 13.1. The Kier molecular flexibility index (Phi) is 6.32. The van der Waals surface area contributed by atoms with Gasteiger partial charge in [0.2, 0.25) is 0 Å². The quantitative estimate of drug-likeness (QED) is 0.796. The summed E-state index contributed by atoms with van der Waals surface area (Å²) in [6.45, 7) is 10.5. The first-order valence-electron chi connectivity index (χ1n) is 7.21. The van der Waals surface area contributed by atoms with Crippen molar-refractivity contribution in [2.75, 3.05) is 19.7 Å². The average Bonchev–Trinajstić information content (AvgIpc) is 2.40. The lowest BCUT2D eigenvalue weighted by molar-refractivity contribution is 0.335. The Morgan fingerprint density at radius 1 is 1.11 bits per heavy atom. The van der Waals surface area contributed by atoms with E-state index in [0.717, 1.165) is 5.75 Å². The second-order valence-electron chi connectivity index (χ2n) is 5.41. The molecule has 0 saturated heterocycles. The van der Waals surface area contributed by atoms with E-state index in [9.17, 15) is 0 Å². The number of benzene rings is 1. The summed E-state index contributed by atoms with van der Waals surface area (Å²) in [6.07, 6.45) is 0. The SMILES string of the molecule is CCOc1ccc(C(C)C(CN)CN)cc1C(C)C. The van der Waals surface area contributed by atoms with Crippen LogP contribution in [-0.2, 0) is 0 Å². The summed E-state index contributed by atoms with van der Waals surface area (Å²) < 4.78 is 5.70. The molecule has 0 spiro atoms. The van der Waals surface area contributed by atoms with Crippen molar-refractivity contribution in [3.05, 3.63) is 29.3 Å². The Bertz CT molecular complexity index is 386. The van der Waals surface area contributed by atoms with E-state index < -0.39 is 0 Å². The Morgan fingerprint density at radius 2 is 1.74 bits per heavy atom. The van der Waals surface area contributed by atoms with Gasteiger partial charge in [-0.15, -0.1) is 0 Å². The molecule has 0 aliphatic heterocycles. The molecule has 3 nitrogen and oxygen atoms in total. The summed E-state index contributed by atoms with van der Waals surface area (Å²) in [6, 6.07) is 6.47. The topological polar surface area (TPSA) is 61.3 Å². The van der Waals surface area contributed by atoms with Crippen molar-refractivity contribution in [2.45, 2.75) is 39.5 Å². The smallest absolute Gasteiger partial charge is 0.122 e. The Hall–Kier alpha value is -1.06. The molecule has 0 fully saturated rings. The molecule has 3 heteroatoms. The van der Waals surface area contributed by atoms with E-state index in [1.807, 2.05) is 6.92 Å². The van der Waals surface area contributed by atoms with Gasteiger partial charge in [0.15, 0.2) is 0 Å². The molecule has 4 N–H and O–H groups in total. The van der Waals surface area contributed by atoms with Crippen molar-refractivity contribution in [3.63, 3.8) is 0 Å². The molecule has 0 aliphatic rings. The lowest BCUT2D eigenvalue weighted by atomic mass is 9.85. The number of ether oxygens (including phenoxy) is 1. The minimum atomic E-state index is 0.331. The van der Waals surface area contributed by atoms with E-state index in [4.69, 9.17) is 16.2 Å². The maximum absolute atomic E-state index is 5.79. The highest BCUT2D eigenvalue weighted by atomic mass is 16.5. The molecule has 108 valence electrons. The van der Waals surface area contributed by atoms with Crippen molar-refractivity contribution in [1.29, 1.82) is 0 Å². The first kappa shape index (κ1) is 16.0. The van der Waals surface area contributed by atoms with Crippen LogP contribution >= 0.6 is 0 Å². The van der Waals surface area contributed by atoms with Crippen LogP contribution in [0.2, 0.25) is 0 Å². The first-order chi connectivity index (χ1) is 9.04. The fraction of sp³-hybridized carbons (Fsp3) is 0.625. The van der Waals surface area contributed by atoms with Gasteiger partial charge in [-0.2, -0.15) is 0 Å². The molecule has 19 heavy (non-hydrogen) atoms. The molecule has 1 rings (SSSR count). The van der Waals surface area contributed by atoms with Gasteiger partial charge in [0, 0.05) is 0 Å². The second-order valence-corrected chi connectivity index (χ2v) is 5.41. The molecule has 1 aromatic carbocycles. The first-order valence-corrected chi connectivity index (χ1v) is 7.21. The third kappa shape index (κ3) is 3.95. The molecular formula is C16H28N2O. The largest absolute Gasteiger partial charge is 0.494 e. The molecule has 0 aromatic heterocycles. The van der Waals surface area contributed by atoms with Crippen molar-refractivity contribution < 1.29 is 4.74 Å². The predicted molar refractivity (Wildman–Crippen MR) is 81.7 cm³/mol. The van der Waals surface area contributed by atoms with E-state index in [1.165, 1.54) is 11.1 Å². The number of rotatable bonds is 7. The summed E-state index contributed by atoms with van der Waals surface area (Å²) in [5, 5.41) is 0. The zero-order chi connectivity index (χ0) is 14.4. The summed E-state index contributed by atoms with van der Waals surface area (Å²) >= 11 is 0. The zero-order valence-corrected chi connectivity index (χ0v) is 12.6. The highest BCUT2D eigenvalue weighted by Crippen LogP contribution is 2.32. The van der Waals surface area contributed by atoms with Crippen LogP contribution in [-0.4, -0.2) is 19.7 Å². The molecule has 0 heterocycles. The van der Waals surface area contributed by atoms with Crippen molar-refractivity contribution in [3.8, 4) is 5.75 Å². The lowest BCUT2D eigenvalue weighted by Crippen LogP contribution is -2.28. The molecular weight excluding hydrogens is 236 g/mol. The lowest BCUT2D eigenvalue weighted by Gasteiger charge is -2.23. The van der Waals surface area contributed by atoms with Gasteiger partial charge in [-0.3, -0.25) is 0 Å². The molecule has 0 bridgehead atoms. The Labute approximate surface area is 117 Å². The molecule has 0 amide bonds. The maximum atomic E-state index is 5.79. The van der Waals surface area contributed by atoms with E-state index in [1.54, 1.807) is 0 Å². The van der Waals surface area contributed by atoms with Crippen molar-refractivity contribution in [1.82, 2.24) is 0 Å². The number of hydrogen-bond acceptors (Lipinski definition) is 3. The zero-order valence-electron chi connectivity index (χ0n) is 12.6. The summed E-state index contributed by atoms with van der Waals surface area (Å²) in [7, 11) is 0. The van der Waals surface area contributed by atoms with Crippen molar-refractivity contribution >= 4 is 0 Å². The highest BCUT2D eigenvalue weighted by Gasteiger charge is 2.18. The van der Waals surface area contributed by atoms with E-state index in [2.05, 4.69) is 39.0 Å². The summed E-state index contributed by atoms with van der Waals surface area (Å²) in [5.41, 5.74) is 14.1. The third-order valence-corrected chi connectivity index (χ3v) is 3.79. The van der Waals surface area contributed by atoms with Crippen LogP contribution in [0.25, 0.3) is 0 Å². The van der Waals surface area contributed by atoms with Gasteiger partial charge in [-0.1, -0.05) is 32.9 Å². The average molecular weight is 264 g/mol. The molecule has 1 unspecified atom stereocenters. The second kappa shape index (κ2) is 7.51. The van der Waals surface area contributed by atoms with Gasteiger partial charge >= 0.3 is 0 Å². The van der Waals surface area contributed by atoms with Crippen LogP contribution in [0.15, 0.2) is 18.2 Å². The van der Waals surface area contributed by atoms with Crippen LogP contribution in [0.5, 0.6) is 5.75 Å². The fourth-order valence-electron chi connectivity index (χ4n) is 2.36. The standard InChI is InChI=1S/C16H28N2O/c1-5-19-16-7-6-13(8-15(16)11(2)3)12(4)14(9-17)10-18/h6-8,11-12,14H,5,9-10,17-18H2,1-4H3. The van der Waals surface area contributed by atoms with Crippen LogP contribution in [0.3, 0.4) is 0 Å². The molecule has 1 atom stereocenters. The van der Waals surface area contributed by atoms with Crippen LogP contribution in [0.1, 0.15) is 50.7 Å². The molecule has 0 saturated carbocycles. The molecule has 0 aliphatic carbocycles. The fourth-order valence-corrected chi connectivity index (χ4v) is 2.36. The Morgan fingerprint density at radius 3 is 2.21 bits per heavy atom. The van der Waals surface area contributed by atoms with Gasteiger partial charge in [-0.05, 0) is 55.0 Å². The van der Waals surface area contributed by atoms with Crippen LogP contribution in [0, 0.1) is 5.92 Å². The summed E-state index contributed by atoms with van der Waals surface area (Å²) in [5.74, 6) is 2.15. The number of nitrogens with two attached hydrogens (primary N) is 2. The third-order valence-electron chi connectivity index (χ3n) is 3.79. The van der Waals surface area contributed by atoms with Gasteiger partial charge in [0.25, 0.3) is 0 Å². The summed E-state index contributed by atoms with van der Waals surface area (Å²) in [4.78, 5) is 0. The van der Waals surface area contributed by atoms with E-state index in [0.29, 0.717) is 37.5 Å². The molecule has 0 radical (unpaired) electrons. The number of hydrogen-bond donors (Lipinski definition) is 2. The molecule has 1 aromatic rings. The minimum absolute atomic E-state index is 0.331. The van der Waals surface area contributed by atoms with Gasteiger partial charge in [0.05, 0.1) is 6.61 Å². The van der Waals surface area contributed by atoms with Gasteiger partial charge in [-0.25, -0.2) is 0 Å².